The van der Waals surface area contributed by atoms with Gasteiger partial charge in [-0.3, -0.25) is 9.59 Å². The predicted molar refractivity (Wildman–Crippen MR) is 147 cm³/mol. The van der Waals surface area contributed by atoms with E-state index in [9.17, 15) is 14.0 Å². The molecule has 1 aliphatic heterocycles. The summed E-state index contributed by atoms with van der Waals surface area (Å²) >= 11 is 0. The number of aromatic nitrogens is 4. The van der Waals surface area contributed by atoms with E-state index in [1.807, 2.05) is 0 Å². The molecule has 218 valence electrons. The molecule has 2 atom stereocenters. The predicted octanol–water partition coefficient (Wildman–Crippen LogP) is 3.30. The van der Waals surface area contributed by atoms with Crippen LogP contribution < -0.4 is 14.8 Å². The Morgan fingerprint density at radius 2 is 1.83 bits per heavy atom. The maximum atomic E-state index is 13.9. The highest BCUT2D eigenvalue weighted by Gasteiger charge is 2.36. The van der Waals surface area contributed by atoms with Gasteiger partial charge in [-0.05, 0) is 66.8 Å². The molecule has 11 nitrogen and oxygen atoms in total. The summed E-state index contributed by atoms with van der Waals surface area (Å²) < 4.78 is 30.3. The molecule has 0 unspecified atom stereocenters. The Labute approximate surface area is 237 Å². The van der Waals surface area contributed by atoms with Crippen molar-refractivity contribution in [2.75, 3.05) is 27.4 Å². The highest BCUT2D eigenvalue weighted by atomic mass is 19.1. The first-order chi connectivity index (χ1) is 19.9. The average molecular weight is 567 g/mol. The van der Waals surface area contributed by atoms with Crippen LogP contribution in [0.2, 0.25) is 0 Å². The van der Waals surface area contributed by atoms with E-state index in [0.717, 1.165) is 38.5 Å². The number of methoxy groups -OCH3 is 2. The molecule has 2 aromatic carbocycles. The quantitative estimate of drug-likeness (QED) is 0.375. The van der Waals surface area contributed by atoms with Crippen LogP contribution in [0.15, 0.2) is 42.5 Å². The van der Waals surface area contributed by atoms with E-state index in [0.29, 0.717) is 35.1 Å². The van der Waals surface area contributed by atoms with E-state index in [1.54, 1.807) is 37.4 Å². The first-order valence-corrected chi connectivity index (χ1v) is 13.9. The summed E-state index contributed by atoms with van der Waals surface area (Å²) in [5.74, 6) is 0.274. The number of rotatable bonds is 11. The molecule has 1 aromatic heterocycles. The van der Waals surface area contributed by atoms with Gasteiger partial charge in [0.15, 0.2) is 11.5 Å². The first kappa shape index (κ1) is 28.5. The Morgan fingerprint density at radius 1 is 1.07 bits per heavy atom. The van der Waals surface area contributed by atoms with E-state index in [4.69, 9.17) is 14.2 Å². The van der Waals surface area contributed by atoms with Crippen molar-refractivity contribution in [3.8, 4) is 22.9 Å². The maximum Gasteiger partial charge on any atom is 0.247 e. The van der Waals surface area contributed by atoms with Crippen molar-refractivity contribution in [2.24, 2.45) is 0 Å². The molecule has 2 fully saturated rings. The number of halogens is 1. The third kappa shape index (κ3) is 6.82. The van der Waals surface area contributed by atoms with Gasteiger partial charge in [0.05, 0.1) is 20.3 Å². The smallest absolute Gasteiger partial charge is 0.247 e. The van der Waals surface area contributed by atoms with Crippen LogP contribution in [0.5, 0.6) is 11.5 Å². The largest absolute Gasteiger partial charge is 0.493 e. The maximum absolute atomic E-state index is 13.9. The van der Waals surface area contributed by atoms with Crippen LogP contribution >= 0.6 is 0 Å². The summed E-state index contributed by atoms with van der Waals surface area (Å²) in [6, 6.07) is 10.0. The fraction of sp³-hybridized carbons (Fsp3) is 0.483. The molecule has 1 aliphatic carbocycles. The average Bonchev–Trinajstić information content (AvgIpc) is 3.77. The Morgan fingerprint density at radius 3 is 2.51 bits per heavy atom. The number of hydrogen-bond donors (Lipinski definition) is 1. The Bertz CT molecular complexity index is 1340. The van der Waals surface area contributed by atoms with Crippen LogP contribution in [0.25, 0.3) is 11.4 Å². The van der Waals surface area contributed by atoms with Gasteiger partial charge in [0, 0.05) is 24.8 Å². The second-order valence-electron chi connectivity index (χ2n) is 10.3. The molecule has 2 aliphatic rings. The number of benzene rings is 2. The SMILES string of the molecule is COc1ccc(-c2nnn(CC(=O)N(C[C@H]3CCCO3)[C@H](C(=O)NC3CCCC3)c3ccc(F)cc3)n2)cc1OC. The molecule has 0 radical (unpaired) electrons. The van der Waals surface area contributed by atoms with Gasteiger partial charge in [-0.15, -0.1) is 10.2 Å². The second-order valence-corrected chi connectivity index (χ2v) is 10.3. The summed E-state index contributed by atoms with van der Waals surface area (Å²) in [6.45, 7) is 0.555. The third-order valence-corrected chi connectivity index (χ3v) is 7.56. The minimum Gasteiger partial charge on any atom is -0.493 e. The van der Waals surface area contributed by atoms with Crippen LogP contribution in [-0.4, -0.2) is 76.4 Å². The Hall–Kier alpha value is -4.06. The Kier molecular flexibility index (Phi) is 9.07. The molecule has 5 rings (SSSR count). The molecule has 1 saturated heterocycles. The lowest BCUT2D eigenvalue weighted by Gasteiger charge is -2.33. The normalized spacial score (nSPS) is 17.8. The van der Waals surface area contributed by atoms with E-state index in [-0.39, 0.29) is 37.0 Å². The van der Waals surface area contributed by atoms with Gasteiger partial charge >= 0.3 is 0 Å². The Balaban J connectivity index is 1.41. The van der Waals surface area contributed by atoms with Crippen LogP contribution in [0.1, 0.15) is 50.1 Å². The van der Waals surface area contributed by atoms with Crippen molar-refractivity contribution in [1.82, 2.24) is 30.4 Å². The number of carbonyl (C=O) groups is 2. The van der Waals surface area contributed by atoms with Gasteiger partial charge in [0.1, 0.15) is 18.4 Å². The van der Waals surface area contributed by atoms with Gasteiger partial charge < -0.3 is 24.4 Å². The molecule has 1 saturated carbocycles. The summed E-state index contributed by atoms with van der Waals surface area (Å²) in [5, 5.41) is 15.7. The number of ether oxygens (including phenoxy) is 3. The van der Waals surface area contributed by atoms with Crippen molar-refractivity contribution >= 4 is 11.8 Å². The summed E-state index contributed by atoms with van der Waals surface area (Å²) in [5.41, 5.74) is 1.16. The number of amides is 2. The van der Waals surface area contributed by atoms with Gasteiger partial charge in [-0.1, -0.05) is 25.0 Å². The second kappa shape index (κ2) is 13.1. The molecular formula is C29H35FN6O5. The first-order valence-electron chi connectivity index (χ1n) is 13.9. The summed E-state index contributed by atoms with van der Waals surface area (Å²) in [6.07, 6.45) is 5.31. The van der Waals surface area contributed by atoms with E-state index >= 15 is 0 Å². The van der Waals surface area contributed by atoms with Gasteiger partial charge in [0.2, 0.25) is 17.6 Å². The van der Waals surface area contributed by atoms with Gasteiger partial charge in [0.25, 0.3) is 0 Å². The molecule has 3 aromatic rings. The molecule has 12 heteroatoms. The van der Waals surface area contributed by atoms with Crippen LogP contribution in [0.3, 0.4) is 0 Å². The number of nitrogens with one attached hydrogen (secondary N) is 1. The number of nitrogens with zero attached hydrogens (tertiary/aromatic N) is 5. The lowest BCUT2D eigenvalue weighted by atomic mass is 10.0. The summed E-state index contributed by atoms with van der Waals surface area (Å²) in [7, 11) is 3.08. The zero-order valence-corrected chi connectivity index (χ0v) is 23.3. The lowest BCUT2D eigenvalue weighted by Crippen LogP contribution is -2.49. The van der Waals surface area contributed by atoms with E-state index < -0.39 is 11.9 Å². The van der Waals surface area contributed by atoms with Gasteiger partial charge in [-0.25, -0.2) is 4.39 Å². The van der Waals surface area contributed by atoms with Gasteiger partial charge in [-0.2, -0.15) is 4.80 Å². The van der Waals surface area contributed by atoms with E-state index in [1.165, 1.54) is 28.9 Å². The van der Waals surface area contributed by atoms with Crippen LogP contribution in [-0.2, 0) is 20.9 Å². The molecule has 41 heavy (non-hydrogen) atoms. The highest BCUT2D eigenvalue weighted by Crippen LogP contribution is 2.31. The fourth-order valence-corrected chi connectivity index (χ4v) is 5.44. The van der Waals surface area contributed by atoms with Crippen molar-refractivity contribution in [3.63, 3.8) is 0 Å². The van der Waals surface area contributed by atoms with E-state index in [2.05, 4.69) is 20.7 Å². The monoisotopic (exact) mass is 566 g/mol. The fourth-order valence-electron chi connectivity index (χ4n) is 5.44. The zero-order valence-electron chi connectivity index (χ0n) is 23.3. The molecule has 2 amide bonds. The molecule has 1 N–H and O–H groups in total. The topological polar surface area (TPSA) is 121 Å². The highest BCUT2D eigenvalue weighted by molar-refractivity contribution is 5.89. The number of hydrogen-bond acceptors (Lipinski definition) is 8. The standard InChI is InChI=1S/C29H35FN6O5/c1-39-24-14-11-20(16-25(24)40-2)28-32-34-36(33-28)18-26(37)35(17-23-8-5-15-41-23)27(19-9-12-21(30)13-10-19)29(38)31-22-6-3-4-7-22/h9-14,16,22-23,27H,3-8,15,17-18H2,1-2H3,(H,31,38)/t23-,27+/m1/s1. The number of carbonyl (C=O) groups excluding carboxylic acids is 2. The van der Waals surface area contributed by atoms with Crippen molar-refractivity contribution in [2.45, 2.75) is 63.3 Å². The molecular weight excluding hydrogens is 531 g/mol. The third-order valence-electron chi connectivity index (χ3n) is 7.56. The summed E-state index contributed by atoms with van der Waals surface area (Å²) in [4.78, 5) is 30.4. The minimum absolute atomic E-state index is 0.0474. The minimum atomic E-state index is -0.971. The van der Waals surface area contributed by atoms with Crippen LogP contribution in [0, 0.1) is 5.82 Å². The molecule has 2 heterocycles. The van der Waals surface area contributed by atoms with Crippen molar-refractivity contribution in [1.29, 1.82) is 0 Å². The zero-order chi connectivity index (χ0) is 28.8. The lowest BCUT2D eigenvalue weighted by molar-refractivity contribution is -0.143. The van der Waals surface area contributed by atoms with Crippen molar-refractivity contribution in [3.05, 3.63) is 53.8 Å². The molecule has 0 bridgehead atoms. The number of tetrazole rings is 1. The molecule has 0 spiro atoms. The van der Waals surface area contributed by atoms with Crippen LogP contribution in [0.4, 0.5) is 4.39 Å². The van der Waals surface area contributed by atoms with Crippen molar-refractivity contribution < 1.29 is 28.2 Å².